The fourth-order valence-corrected chi connectivity index (χ4v) is 2.57. The molecule has 2 heteroatoms. The number of aliphatic hydroxyl groups is 1. The van der Waals surface area contributed by atoms with Crippen molar-refractivity contribution < 1.29 is 5.11 Å². The van der Waals surface area contributed by atoms with E-state index in [1.54, 1.807) is 0 Å². The van der Waals surface area contributed by atoms with Crippen LogP contribution in [0.2, 0.25) is 0 Å². The molecule has 2 nitrogen and oxygen atoms in total. The number of aliphatic hydroxyl groups excluding tert-OH is 1. The molecule has 0 fully saturated rings. The van der Waals surface area contributed by atoms with Gasteiger partial charge in [-0.3, -0.25) is 0 Å². The van der Waals surface area contributed by atoms with Gasteiger partial charge in [0.05, 0.1) is 12.1 Å². The smallest absolute Gasteiger partial charge is 0.0990 e. The first-order valence-electron chi connectivity index (χ1n) is 5.20. The van der Waals surface area contributed by atoms with Gasteiger partial charge in [-0.1, -0.05) is 36.4 Å². The Labute approximate surface area is 88.5 Å². The zero-order valence-corrected chi connectivity index (χ0v) is 8.57. The van der Waals surface area contributed by atoms with E-state index >= 15 is 0 Å². The Bertz CT molecular complexity index is 516. The summed E-state index contributed by atoms with van der Waals surface area (Å²) >= 11 is 0. The van der Waals surface area contributed by atoms with Crippen molar-refractivity contribution in [3.05, 3.63) is 47.5 Å². The lowest BCUT2D eigenvalue weighted by molar-refractivity contribution is 0.141. The topological polar surface area (TPSA) is 32.3 Å². The Balaban J connectivity index is 2.40. The van der Waals surface area contributed by atoms with Crippen LogP contribution in [0, 0.1) is 0 Å². The van der Waals surface area contributed by atoms with E-state index in [9.17, 15) is 5.11 Å². The molecular formula is C13H13NO. The molecule has 3 rings (SSSR count). The molecule has 2 aromatic rings. The molecule has 2 N–H and O–H groups in total. The summed E-state index contributed by atoms with van der Waals surface area (Å²) in [6.45, 7) is 0. The van der Waals surface area contributed by atoms with Gasteiger partial charge in [0.1, 0.15) is 0 Å². The highest BCUT2D eigenvalue weighted by Crippen LogP contribution is 2.43. The quantitative estimate of drug-likeness (QED) is 0.737. The first kappa shape index (κ1) is 8.89. The van der Waals surface area contributed by atoms with E-state index < -0.39 is 6.10 Å². The zero-order valence-electron chi connectivity index (χ0n) is 8.57. The van der Waals surface area contributed by atoms with Gasteiger partial charge < -0.3 is 10.4 Å². The highest BCUT2D eigenvalue weighted by Gasteiger charge is 2.31. The molecule has 0 amide bonds. The third kappa shape index (κ3) is 1.06. The summed E-state index contributed by atoms with van der Waals surface area (Å²) in [5.74, 6) is 0. The standard InChI is InChI=1S/C13H13NO/c1-14-12-9-6-2-4-8-5-3-7-10(11(8)9)13(12)15/h2-7,12-15H,1H3/t12-,13+/m1/s1. The van der Waals surface area contributed by atoms with Gasteiger partial charge >= 0.3 is 0 Å². The fraction of sp³-hybridized carbons (Fsp3) is 0.231. The van der Waals surface area contributed by atoms with Crippen LogP contribution in [-0.2, 0) is 0 Å². The number of nitrogens with one attached hydrogen (secondary N) is 1. The molecule has 2 atom stereocenters. The lowest BCUT2D eigenvalue weighted by atomic mass is 10.0. The second-order valence-corrected chi connectivity index (χ2v) is 4.00. The van der Waals surface area contributed by atoms with Gasteiger partial charge in [0.2, 0.25) is 0 Å². The summed E-state index contributed by atoms with van der Waals surface area (Å²) in [7, 11) is 1.89. The first-order chi connectivity index (χ1) is 7.33. The van der Waals surface area contributed by atoms with Crippen LogP contribution >= 0.6 is 0 Å². The normalized spacial score (nSPS) is 23.6. The van der Waals surface area contributed by atoms with Crippen molar-refractivity contribution in [1.29, 1.82) is 0 Å². The third-order valence-corrected chi connectivity index (χ3v) is 3.25. The molecule has 0 heterocycles. The predicted molar refractivity (Wildman–Crippen MR) is 60.7 cm³/mol. The largest absolute Gasteiger partial charge is 0.386 e. The summed E-state index contributed by atoms with van der Waals surface area (Å²) in [5.41, 5.74) is 2.25. The van der Waals surface area contributed by atoms with E-state index in [1.807, 2.05) is 25.2 Å². The van der Waals surface area contributed by atoms with Crippen LogP contribution in [0.5, 0.6) is 0 Å². The summed E-state index contributed by atoms with van der Waals surface area (Å²) < 4.78 is 0. The van der Waals surface area contributed by atoms with Crippen molar-refractivity contribution in [3.63, 3.8) is 0 Å². The molecule has 76 valence electrons. The minimum Gasteiger partial charge on any atom is -0.386 e. The van der Waals surface area contributed by atoms with Crippen LogP contribution < -0.4 is 5.32 Å². The van der Waals surface area contributed by atoms with Crippen molar-refractivity contribution in [2.24, 2.45) is 0 Å². The fourth-order valence-electron chi connectivity index (χ4n) is 2.57. The minimum absolute atomic E-state index is 0.0334. The van der Waals surface area contributed by atoms with E-state index in [2.05, 4.69) is 23.5 Å². The van der Waals surface area contributed by atoms with Crippen molar-refractivity contribution in [2.45, 2.75) is 12.1 Å². The molecule has 0 spiro atoms. The molecule has 0 saturated heterocycles. The Hall–Kier alpha value is -1.38. The van der Waals surface area contributed by atoms with Gasteiger partial charge in [-0.15, -0.1) is 0 Å². The van der Waals surface area contributed by atoms with Crippen LogP contribution in [0.4, 0.5) is 0 Å². The molecule has 15 heavy (non-hydrogen) atoms. The monoisotopic (exact) mass is 199 g/mol. The number of hydrogen-bond acceptors (Lipinski definition) is 2. The molecule has 1 aliphatic carbocycles. The van der Waals surface area contributed by atoms with E-state index in [1.165, 1.54) is 16.3 Å². The maximum Gasteiger partial charge on any atom is 0.0990 e. The van der Waals surface area contributed by atoms with Crippen LogP contribution in [0.15, 0.2) is 36.4 Å². The SMILES string of the molecule is CN[C@@H]1c2cccc3cccc(c23)[C@@H]1O. The number of hydrogen-bond donors (Lipinski definition) is 2. The molecule has 0 bridgehead atoms. The number of rotatable bonds is 1. The molecule has 0 unspecified atom stereocenters. The Morgan fingerprint density at radius 2 is 1.73 bits per heavy atom. The van der Waals surface area contributed by atoms with Crippen LogP contribution in [0.3, 0.4) is 0 Å². The molecular weight excluding hydrogens is 186 g/mol. The average Bonchev–Trinajstić information content (AvgIpc) is 2.55. The average molecular weight is 199 g/mol. The minimum atomic E-state index is -0.420. The number of likely N-dealkylation sites (N-methyl/N-ethyl adjacent to an activating group) is 1. The molecule has 0 saturated carbocycles. The van der Waals surface area contributed by atoms with Crippen molar-refractivity contribution in [2.75, 3.05) is 7.05 Å². The van der Waals surface area contributed by atoms with Gasteiger partial charge in [0, 0.05) is 0 Å². The lowest BCUT2D eigenvalue weighted by Gasteiger charge is -2.15. The molecule has 0 aliphatic heterocycles. The van der Waals surface area contributed by atoms with Gasteiger partial charge in [-0.05, 0) is 28.9 Å². The van der Waals surface area contributed by atoms with Gasteiger partial charge in [-0.25, -0.2) is 0 Å². The molecule has 1 aliphatic rings. The third-order valence-electron chi connectivity index (χ3n) is 3.25. The summed E-state index contributed by atoms with van der Waals surface area (Å²) in [4.78, 5) is 0. The second-order valence-electron chi connectivity index (χ2n) is 4.00. The maximum atomic E-state index is 10.2. The highest BCUT2D eigenvalue weighted by atomic mass is 16.3. The van der Waals surface area contributed by atoms with E-state index in [0.29, 0.717) is 0 Å². The first-order valence-corrected chi connectivity index (χ1v) is 5.20. The van der Waals surface area contributed by atoms with E-state index in [-0.39, 0.29) is 6.04 Å². The summed E-state index contributed by atoms with van der Waals surface area (Å²) in [5, 5.41) is 15.8. The Morgan fingerprint density at radius 1 is 1.07 bits per heavy atom. The van der Waals surface area contributed by atoms with E-state index in [0.717, 1.165) is 5.56 Å². The van der Waals surface area contributed by atoms with E-state index in [4.69, 9.17) is 0 Å². The van der Waals surface area contributed by atoms with Gasteiger partial charge in [0.15, 0.2) is 0 Å². The molecule has 0 radical (unpaired) electrons. The highest BCUT2D eigenvalue weighted by molar-refractivity contribution is 5.91. The zero-order chi connectivity index (χ0) is 10.4. The van der Waals surface area contributed by atoms with Crippen LogP contribution in [0.1, 0.15) is 23.3 Å². The lowest BCUT2D eigenvalue weighted by Crippen LogP contribution is -2.19. The second kappa shape index (κ2) is 3.05. The van der Waals surface area contributed by atoms with Gasteiger partial charge in [-0.2, -0.15) is 0 Å². The number of benzene rings is 2. The van der Waals surface area contributed by atoms with Crippen molar-refractivity contribution in [3.8, 4) is 0 Å². The van der Waals surface area contributed by atoms with Crippen molar-refractivity contribution >= 4 is 10.8 Å². The Kier molecular flexibility index (Phi) is 1.81. The predicted octanol–water partition coefficient (Wildman–Crippen LogP) is 2.15. The van der Waals surface area contributed by atoms with Crippen LogP contribution in [0.25, 0.3) is 10.8 Å². The summed E-state index contributed by atoms with van der Waals surface area (Å²) in [6.07, 6.45) is -0.420. The molecule has 0 aromatic heterocycles. The Morgan fingerprint density at radius 3 is 2.40 bits per heavy atom. The maximum absolute atomic E-state index is 10.2. The van der Waals surface area contributed by atoms with Crippen molar-refractivity contribution in [1.82, 2.24) is 5.32 Å². The molecule has 2 aromatic carbocycles. The summed E-state index contributed by atoms with van der Waals surface area (Å²) in [6, 6.07) is 12.4. The van der Waals surface area contributed by atoms with Gasteiger partial charge in [0.25, 0.3) is 0 Å². The van der Waals surface area contributed by atoms with Crippen LogP contribution in [-0.4, -0.2) is 12.2 Å².